The van der Waals surface area contributed by atoms with E-state index in [0.717, 1.165) is 11.3 Å². The fourth-order valence-electron chi connectivity index (χ4n) is 4.42. The Morgan fingerprint density at radius 1 is 1.21 bits per heavy atom. The number of rotatable bonds is 6. The molecule has 8 heteroatoms. The molecule has 0 saturated heterocycles. The van der Waals surface area contributed by atoms with E-state index in [-0.39, 0.29) is 28.7 Å². The Morgan fingerprint density at radius 2 is 1.97 bits per heavy atom. The predicted octanol–water partition coefficient (Wildman–Crippen LogP) is 5.00. The molecule has 0 amide bonds. The third kappa shape index (κ3) is 4.68. The summed E-state index contributed by atoms with van der Waals surface area (Å²) in [7, 11) is 0. The van der Waals surface area contributed by atoms with E-state index in [4.69, 9.17) is 16.3 Å². The van der Waals surface area contributed by atoms with Crippen LogP contribution in [0.3, 0.4) is 0 Å². The van der Waals surface area contributed by atoms with E-state index in [1.54, 1.807) is 13.0 Å². The second-order valence-electron chi connectivity index (χ2n) is 8.11. The van der Waals surface area contributed by atoms with Crippen molar-refractivity contribution in [3.63, 3.8) is 0 Å². The average molecular weight is 467 g/mol. The zero-order chi connectivity index (χ0) is 23.5. The molecule has 1 aliphatic heterocycles. The monoisotopic (exact) mass is 466 g/mol. The number of hydrogen-bond acceptors (Lipinski definition) is 6. The largest absolute Gasteiger partial charge is 0.462 e. The lowest BCUT2D eigenvalue weighted by atomic mass is 9.75. The highest BCUT2D eigenvalue weighted by molar-refractivity contribution is 6.32. The second kappa shape index (κ2) is 9.58. The number of carbonyl (C=O) groups is 2. The fraction of sp³-hybridized carbons (Fsp3) is 0.280. The minimum Gasteiger partial charge on any atom is -0.462 e. The number of allylic oxidation sites excluding steroid dienone is 3. The third-order valence-electron chi connectivity index (χ3n) is 5.96. The zero-order valence-corrected chi connectivity index (χ0v) is 18.9. The molecule has 2 aliphatic rings. The van der Waals surface area contributed by atoms with Gasteiger partial charge >= 0.3 is 5.97 Å². The van der Waals surface area contributed by atoms with Crippen LogP contribution in [0.1, 0.15) is 43.2 Å². The first-order chi connectivity index (χ1) is 15.9. The highest BCUT2D eigenvalue weighted by Gasteiger charge is 2.39. The Bertz CT molecular complexity index is 1190. The first-order valence-corrected chi connectivity index (χ1v) is 11.1. The molecular weight excluding hydrogens is 444 g/mol. The molecular formula is C25H23ClN2O5. The minimum absolute atomic E-state index is 0.00505. The third-order valence-corrected chi connectivity index (χ3v) is 6.28. The van der Waals surface area contributed by atoms with Gasteiger partial charge in [-0.05, 0) is 37.0 Å². The van der Waals surface area contributed by atoms with Crippen molar-refractivity contribution in [2.45, 2.75) is 38.5 Å². The molecule has 0 aromatic heterocycles. The van der Waals surface area contributed by atoms with Crippen LogP contribution in [0.4, 0.5) is 5.69 Å². The zero-order valence-electron chi connectivity index (χ0n) is 18.1. The molecule has 2 aromatic carbocycles. The van der Waals surface area contributed by atoms with Gasteiger partial charge in [0.2, 0.25) is 0 Å². The summed E-state index contributed by atoms with van der Waals surface area (Å²) in [6, 6.07) is 14.1. The molecule has 0 fully saturated rings. The molecule has 1 N–H and O–H groups in total. The molecule has 170 valence electrons. The molecule has 1 heterocycles. The molecule has 0 saturated carbocycles. The Kier molecular flexibility index (Phi) is 6.60. The minimum atomic E-state index is -0.755. The van der Waals surface area contributed by atoms with Crippen molar-refractivity contribution in [1.29, 1.82) is 0 Å². The van der Waals surface area contributed by atoms with Gasteiger partial charge in [-0.25, -0.2) is 4.79 Å². The average Bonchev–Trinajstić information content (AvgIpc) is 2.79. The number of carbonyl (C=O) groups excluding carboxylic acids is 2. The lowest BCUT2D eigenvalue weighted by Gasteiger charge is -2.34. The quantitative estimate of drug-likeness (QED) is 0.365. The molecule has 0 radical (unpaired) electrons. The van der Waals surface area contributed by atoms with Crippen molar-refractivity contribution in [3.8, 4) is 0 Å². The smallest absolute Gasteiger partial charge is 0.336 e. The number of nitro benzene ring substituents is 1. The Morgan fingerprint density at radius 3 is 2.70 bits per heavy atom. The standard InChI is InChI=1S/C25H23ClN2O5/c1-15-22(25(30)33-13-12-16-6-3-2-4-7-16)23(24-19(27-15)8-5-9-21(24)29)17-10-11-18(26)20(14-17)28(31)32/h2-4,6-7,10-11,14,23,27H,5,8-9,12-13H2,1H3. The summed E-state index contributed by atoms with van der Waals surface area (Å²) < 4.78 is 5.59. The van der Waals surface area contributed by atoms with Crippen LogP contribution in [-0.4, -0.2) is 23.3 Å². The number of hydrogen-bond donors (Lipinski definition) is 1. The van der Waals surface area contributed by atoms with Gasteiger partial charge in [0.1, 0.15) is 5.02 Å². The summed E-state index contributed by atoms with van der Waals surface area (Å²) in [6.07, 6.45) is 2.29. The highest BCUT2D eigenvalue weighted by atomic mass is 35.5. The van der Waals surface area contributed by atoms with E-state index < -0.39 is 16.8 Å². The maximum absolute atomic E-state index is 13.2. The lowest BCUT2D eigenvalue weighted by molar-refractivity contribution is -0.384. The number of ether oxygens (including phenoxy) is 1. The first-order valence-electron chi connectivity index (χ1n) is 10.8. The number of nitro groups is 1. The van der Waals surface area contributed by atoms with Gasteiger partial charge in [0.25, 0.3) is 5.69 Å². The van der Waals surface area contributed by atoms with E-state index in [1.807, 2.05) is 30.3 Å². The van der Waals surface area contributed by atoms with Crippen molar-refractivity contribution in [3.05, 3.63) is 97.3 Å². The van der Waals surface area contributed by atoms with Gasteiger partial charge in [-0.15, -0.1) is 0 Å². The van der Waals surface area contributed by atoms with Crippen LogP contribution in [0.25, 0.3) is 0 Å². The first kappa shape index (κ1) is 22.7. The van der Waals surface area contributed by atoms with Crippen molar-refractivity contribution >= 4 is 29.0 Å². The van der Waals surface area contributed by atoms with Gasteiger partial charge in [-0.2, -0.15) is 0 Å². The van der Waals surface area contributed by atoms with Gasteiger partial charge in [-0.3, -0.25) is 14.9 Å². The number of benzene rings is 2. The number of nitrogens with one attached hydrogen (secondary N) is 1. The Hall–Kier alpha value is -3.45. The second-order valence-corrected chi connectivity index (χ2v) is 8.51. The number of dihydropyridines is 1. The maximum Gasteiger partial charge on any atom is 0.336 e. The number of Topliss-reactive ketones (excluding diaryl/α,β-unsaturated/α-hetero) is 1. The fourth-order valence-corrected chi connectivity index (χ4v) is 4.61. The van der Waals surface area contributed by atoms with Crippen molar-refractivity contribution < 1.29 is 19.2 Å². The molecule has 1 aliphatic carbocycles. The summed E-state index contributed by atoms with van der Waals surface area (Å²) in [4.78, 5) is 37.1. The van der Waals surface area contributed by atoms with E-state index in [9.17, 15) is 19.7 Å². The van der Waals surface area contributed by atoms with Crippen LogP contribution in [-0.2, 0) is 20.7 Å². The van der Waals surface area contributed by atoms with Gasteiger partial charge in [-0.1, -0.05) is 48.0 Å². The predicted molar refractivity (Wildman–Crippen MR) is 124 cm³/mol. The molecule has 0 spiro atoms. The Labute approximate surface area is 196 Å². The topological polar surface area (TPSA) is 98.5 Å². The van der Waals surface area contributed by atoms with E-state index >= 15 is 0 Å². The molecule has 1 atom stereocenters. The van der Waals surface area contributed by atoms with E-state index in [0.29, 0.717) is 42.5 Å². The highest BCUT2D eigenvalue weighted by Crippen LogP contribution is 2.44. The van der Waals surface area contributed by atoms with Crippen LogP contribution in [0.2, 0.25) is 5.02 Å². The van der Waals surface area contributed by atoms with Gasteiger partial charge < -0.3 is 10.1 Å². The SMILES string of the molecule is CC1=C(C(=O)OCCc2ccccc2)C(c2ccc(Cl)c([N+](=O)[O-])c2)C2=C(CCCC2=O)N1. The van der Waals surface area contributed by atoms with Gasteiger partial charge in [0, 0.05) is 41.8 Å². The lowest BCUT2D eigenvalue weighted by Crippen LogP contribution is -2.34. The van der Waals surface area contributed by atoms with Crippen LogP contribution in [0, 0.1) is 10.1 Å². The normalized spacial score (nSPS) is 18.0. The van der Waals surface area contributed by atoms with Crippen LogP contribution in [0.5, 0.6) is 0 Å². The number of nitrogens with zero attached hydrogens (tertiary/aromatic N) is 1. The van der Waals surface area contributed by atoms with Crippen LogP contribution >= 0.6 is 11.6 Å². The van der Waals surface area contributed by atoms with Crippen molar-refractivity contribution in [1.82, 2.24) is 5.32 Å². The molecule has 2 aromatic rings. The number of halogens is 1. The van der Waals surface area contributed by atoms with Gasteiger partial charge in [0.05, 0.1) is 17.1 Å². The number of ketones is 1. The van der Waals surface area contributed by atoms with Crippen molar-refractivity contribution in [2.75, 3.05) is 6.61 Å². The Balaban J connectivity index is 1.70. The summed E-state index contributed by atoms with van der Waals surface area (Å²) >= 11 is 6.01. The summed E-state index contributed by atoms with van der Waals surface area (Å²) in [6.45, 7) is 1.93. The van der Waals surface area contributed by atoms with Crippen LogP contribution < -0.4 is 5.32 Å². The molecule has 33 heavy (non-hydrogen) atoms. The summed E-state index contributed by atoms with van der Waals surface area (Å²) in [5.74, 6) is -1.38. The van der Waals surface area contributed by atoms with E-state index in [2.05, 4.69) is 5.32 Å². The molecule has 7 nitrogen and oxygen atoms in total. The molecule has 0 bridgehead atoms. The maximum atomic E-state index is 13.2. The molecule has 1 unspecified atom stereocenters. The summed E-state index contributed by atoms with van der Waals surface area (Å²) in [5.41, 5.74) is 3.32. The van der Waals surface area contributed by atoms with Gasteiger partial charge in [0.15, 0.2) is 5.78 Å². The van der Waals surface area contributed by atoms with Crippen LogP contribution in [0.15, 0.2) is 71.1 Å². The molecule has 4 rings (SSSR count). The van der Waals surface area contributed by atoms with Crippen molar-refractivity contribution in [2.24, 2.45) is 0 Å². The summed E-state index contributed by atoms with van der Waals surface area (Å²) in [5, 5.41) is 14.7. The number of esters is 1. The van der Waals surface area contributed by atoms with E-state index in [1.165, 1.54) is 12.1 Å².